The van der Waals surface area contributed by atoms with Gasteiger partial charge in [0, 0.05) is 24.5 Å². The van der Waals surface area contributed by atoms with Gasteiger partial charge in [-0.3, -0.25) is 0 Å². The molecular formula is C15H19NO2S. The molecule has 0 aliphatic rings. The van der Waals surface area contributed by atoms with E-state index in [1.54, 1.807) is 25.4 Å². The van der Waals surface area contributed by atoms with Gasteiger partial charge in [0.25, 0.3) is 0 Å². The van der Waals surface area contributed by atoms with Crippen LogP contribution in [0.25, 0.3) is 11.3 Å². The average Bonchev–Trinajstić information content (AvgIpc) is 2.86. The predicted molar refractivity (Wildman–Crippen MR) is 78.3 cm³/mol. The van der Waals surface area contributed by atoms with Crippen LogP contribution >= 0.6 is 11.3 Å². The van der Waals surface area contributed by atoms with Crippen LogP contribution in [0.4, 0.5) is 0 Å². The highest BCUT2D eigenvalue weighted by Crippen LogP contribution is 2.26. The standard InChI is InChI=1S/C15H19NO2S/c1-11(18-3)15(2,17)9-14-16-13(10-19-14)12-7-5-4-6-8-12/h4-8,10-11,17H,9H2,1-3H3. The quantitative estimate of drug-likeness (QED) is 0.913. The molecule has 1 N–H and O–H groups in total. The van der Waals surface area contributed by atoms with Crippen LogP contribution in [0.1, 0.15) is 18.9 Å². The first-order valence-electron chi connectivity index (χ1n) is 6.28. The Morgan fingerprint density at radius 3 is 2.68 bits per heavy atom. The summed E-state index contributed by atoms with van der Waals surface area (Å²) in [6.07, 6.45) is 0.274. The second kappa shape index (κ2) is 5.82. The zero-order chi connectivity index (χ0) is 13.9. The summed E-state index contributed by atoms with van der Waals surface area (Å²) < 4.78 is 5.21. The fourth-order valence-corrected chi connectivity index (χ4v) is 2.80. The van der Waals surface area contributed by atoms with Gasteiger partial charge in [-0.25, -0.2) is 4.98 Å². The predicted octanol–water partition coefficient (Wildman–Crippen LogP) is 3.14. The lowest BCUT2D eigenvalue weighted by Gasteiger charge is -2.28. The van der Waals surface area contributed by atoms with Crippen LogP contribution in [0, 0.1) is 0 Å². The molecule has 4 heteroatoms. The molecule has 1 aromatic carbocycles. The summed E-state index contributed by atoms with van der Waals surface area (Å²) in [7, 11) is 1.61. The van der Waals surface area contributed by atoms with Crippen molar-refractivity contribution in [2.75, 3.05) is 7.11 Å². The molecule has 0 aliphatic heterocycles. The van der Waals surface area contributed by atoms with Crippen molar-refractivity contribution in [1.29, 1.82) is 0 Å². The highest BCUT2D eigenvalue weighted by molar-refractivity contribution is 7.09. The van der Waals surface area contributed by atoms with Crippen molar-refractivity contribution >= 4 is 11.3 Å². The van der Waals surface area contributed by atoms with Crippen molar-refractivity contribution in [1.82, 2.24) is 4.98 Å². The van der Waals surface area contributed by atoms with Crippen molar-refractivity contribution < 1.29 is 9.84 Å². The summed E-state index contributed by atoms with van der Waals surface area (Å²) in [5.41, 5.74) is 1.16. The topological polar surface area (TPSA) is 42.4 Å². The van der Waals surface area contributed by atoms with Crippen molar-refractivity contribution in [2.45, 2.75) is 32.0 Å². The number of thiazole rings is 1. The average molecular weight is 277 g/mol. The van der Waals surface area contributed by atoms with Gasteiger partial charge in [-0.1, -0.05) is 30.3 Å². The van der Waals surface area contributed by atoms with Crippen molar-refractivity contribution in [3.8, 4) is 11.3 Å². The van der Waals surface area contributed by atoms with E-state index in [0.29, 0.717) is 6.42 Å². The van der Waals surface area contributed by atoms with Gasteiger partial charge in [-0.2, -0.15) is 0 Å². The number of ether oxygens (including phenoxy) is 1. The lowest BCUT2D eigenvalue weighted by atomic mass is 9.96. The fraction of sp³-hybridized carbons (Fsp3) is 0.400. The zero-order valence-corrected chi connectivity index (χ0v) is 12.3. The summed E-state index contributed by atoms with van der Waals surface area (Å²) in [6, 6.07) is 10.1. The number of nitrogens with zero attached hydrogens (tertiary/aromatic N) is 1. The maximum atomic E-state index is 10.4. The first-order chi connectivity index (χ1) is 9.03. The largest absolute Gasteiger partial charge is 0.387 e. The van der Waals surface area contributed by atoms with Crippen molar-refractivity contribution in [3.63, 3.8) is 0 Å². The van der Waals surface area contributed by atoms with E-state index in [-0.39, 0.29) is 6.10 Å². The molecule has 0 amide bonds. The summed E-state index contributed by atoms with van der Waals surface area (Å²) >= 11 is 1.57. The van der Waals surface area contributed by atoms with Gasteiger partial charge in [0.05, 0.1) is 22.4 Å². The molecule has 1 aromatic heterocycles. The number of hydrogen-bond acceptors (Lipinski definition) is 4. The lowest BCUT2D eigenvalue weighted by Crippen LogP contribution is -2.40. The number of aliphatic hydroxyl groups is 1. The van der Waals surface area contributed by atoms with Crippen LogP contribution in [-0.2, 0) is 11.2 Å². The molecule has 2 atom stereocenters. The van der Waals surface area contributed by atoms with E-state index in [2.05, 4.69) is 4.98 Å². The summed E-state index contributed by atoms with van der Waals surface area (Å²) in [5.74, 6) is 0. The zero-order valence-electron chi connectivity index (χ0n) is 11.5. The summed E-state index contributed by atoms with van der Waals surface area (Å²) in [6.45, 7) is 3.65. The first kappa shape index (κ1) is 14.2. The van der Waals surface area contributed by atoms with Gasteiger partial charge < -0.3 is 9.84 Å². The van der Waals surface area contributed by atoms with Crippen LogP contribution in [0.3, 0.4) is 0 Å². The van der Waals surface area contributed by atoms with Crippen LogP contribution in [0.5, 0.6) is 0 Å². The molecule has 2 rings (SSSR count). The number of benzene rings is 1. The minimum atomic E-state index is -0.902. The van der Waals surface area contributed by atoms with E-state index < -0.39 is 5.60 Å². The van der Waals surface area contributed by atoms with Gasteiger partial charge >= 0.3 is 0 Å². The van der Waals surface area contributed by atoms with Crippen LogP contribution in [0.2, 0.25) is 0 Å². The number of rotatable bonds is 5. The molecule has 1 heterocycles. The molecule has 0 saturated heterocycles. The van der Waals surface area contributed by atoms with Crippen molar-refractivity contribution in [2.24, 2.45) is 0 Å². The molecular weight excluding hydrogens is 258 g/mol. The molecule has 3 nitrogen and oxygen atoms in total. The van der Waals surface area contributed by atoms with E-state index in [1.165, 1.54) is 0 Å². The Morgan fingerprint density at radius 1 is 1.37 bits per heavy atom. The third kappa shape index (κ3) is 3.41. The number of aromatic nitrogens is 1. The minimum absolute atomic E-state index is 0.225. The Labute approximate surface area is 117 Å². The first-order valence-corrected chi connectivity index (χ1v) is 7.16. The highest BCUT2D eigenvalue weighted by atomic mass is 32.1. The molecule has 0 spiro atoms. The van der Waals surface area contributed by atoms with E-state index in [9.17, 15) is 5.11 Å². The van der Waals surface area contributed by atoms with Crippen LogP contribution in [0.15, 0.2) is 35.7 Å². The third-order valence-electron chi connectivity index (χ3n) is 3.36. The summed E-state index contributed by atoms with van der Waals surface area (Å²) in [4.78, 5) is 4.59. The van der Waals surface area contributed by atoms with E-state index in [0.717, 1.165) is 16.3 Å². The molecule has 0 saturated carbocycles. The maximum absolute atomic E-state index is 10.4. The third-order valence-corrected chi connectivity index (χ3v) is 4.21. The van der Waals surface area contributed by atoms with E-state index in [4.69, 9.17) is 4.74 Å². The lowest BCUT2D eigenvalue weighted by molar-refractivity contribution is -0.0715. The van der Waals surface area contributed by atoms with Gasteiger partial charge in [0.15, 0.2) is 0 Å². The summed E-state index contributed by atoms with van der Waals surface area (Å²) in [5, 5.41) is 13.3. The second-order valence-electron chi connectivity index (χ2n) is 4.90. The molecule has 0 fully saturated rings. The van der Waals surface area contributed by atoms with Gasteiger partial charge in [0.2, 0.25) is 0 Å². The normalized spacial score (nSPS) is 16.0. The smallest absolute Gasteiger partial charge is 0.0962 e. The Balaban J connectivity index is 2.14. The Bertz CT molecular complexity index is 522. The van der Waals surface area contributed by atoms with Gasteiger partial charge in [-0.15, -0.1) is 11.3 Å². The van der Waals surface area contributed by atoms with E-state index >= 15 is 0 Å². The number of hydrogen-bond donors (Lipinski definition) is 1. The molecule has 2 aromatic rings. The van der Waals surface area contributed by atoms with E-state index in [1.807, 2.05) is 42.6 Å². The van der Waals surface area contributed by atoms with Gasteiger partial charge in [-0.05, 0) is 13.8 Å². The SMILES string of the molecule is COC(C)C(C)(O)Cc1nc(-c2ccccc2)cs1. The van der Waals surface area contributed by atoms with Crippen molar-refractivity contribution in [3.05, 3.63) is 40.7 Å². The number of methoxy groups -OCH3 is 1. The fourth-order valence-electron chi connectivity index (χ4n) is 1.84. The minimum Gasteiger partial charge on any atom is -0.387 e. The molecule has 19 heavy (non-hydrogen) atoms. The van der Waals surface area contributed by atoms with Crippen LogP contribution < -0.4 is 0 Å². The maximum Gasteiger partial charge on any atom is 0.0962 e. The molecule has 0 bridgehead atoms. The van der Waals surface area contributed by atoms with Crippen LogP contribution in [-0.4, -0.2) is 28.9 Å². The molecule has 0 aliphatic carbocycles. The second-order valence-corrected chi connectivity index (χ2v) is 5.85. The Morgan fingerprint density at radius 2 is 2.05 bits per heavy atom. The Hall–Kier alpha value is -1.23. The monoisotopic (exact) mass is 277 g/mol. The Kier molecular flexibility index (Phi) is 4.34. The van der Waals surface area contributed by atoms with Gasteiger partial charge in [0.1, 0.15) is 0 Å². The highest BCUT2D eigenvalue weighted by Gasteiger charge is 2.29. The molecule has 0 radical (unpaired) electrons. The molecule has 102 valence electrons. The molecule has 2 unspecified atom stereocenters.